The van der Waals surface area contributed by atoms with E-state index in [1.165, 1.54) is 18.5 Å². The van der Waals surface area contributed by atoms with Gasteiger partial charge < -0.3 is 29.5 Å². The summed E-state index contributed by atoms with van der Waals surface area (Å²) in [6, 6.07) is 6.56. The van der Waals surface area contributed by atoms with Gasteiger partial charge in [0.15, 0.2) is 0 Å². The van der Waals surface area contributed by atoms with Gasteiger partial charge in [-0.3, -0.25) is 0 Å². The Morgan fingerprint density at radius 1 is 1.16 bits per heavy atom. The molecule has 7 nitrogen and oxygen atoms in total. The maximum absolute atomic E-state index is 13.2. The molecule has 0 aromatic heterocycles. The number of ether oxygens (including phenoxy) is 2. The highest BCUT2D eigenvalue weighted by atomic mass is 35.5. The van der Waals surface area contributed by atoms with E-state index in [-0.39, 0.29) is 22.9 Å². The van der Waals surface area contributed by atoms with Crippen molar-refractivity contribution in [2.75, 3.05) is 56.2 Å². The first-order chi connectivity index (χ1) is 21.3. The van der Waals surface area contributed by atoms with Crippen LogP contribution in [0.1, 0.15) is 59.4 Å². The molecule has 1 spiro atoms. The third-order valence-electron chi connectivity index (χ3n) is 9.14. The Hall–Kier alpha value is -3.16. The van der Waals surface area contributed by atoms with Gasteiger partial charge in [0.25, 0.3) is 0 Å². The van der Waals surface area contributed by atoms with Gasteiger partial charge in [-0.15, -0.1) is 11.6 Å². The lowest BCUT2D eigenvalue weighted by Gasteiger charge is -2.45. The van der Waals surface area contributed by atoms with Crippen LogP contribution in [0.3, 0.4) is 0 Å². The number of carbonyl (C=O) groups is 1. The second kappa shape index (κ2) is 13.7. The average molecular weight is 635 g/mol. The maximum atomic E-state index is 13.2. The zero-order valence-electron chi connectivity index (χ0n) is 27.8. The number of piperazine rings is 1. The molecule has 244 valence electrons. The molecule has 1 aromatic carbocycles. The van der Waals surface area contributed by atoms with E-state index in [1.54, 1.807) is 0 Å². The van der Waals surface area contributed by atoms with Gasteiger partial charge in [-0.25, -0.2) is 4.79 Å². The normalized spacial score (nSPS) is 22.7. The Morgan fingerprint density at radius 2 is 1.91 bits per heavy atom. The van der Waals surface area contributed by atoms with Crippen molar-refractivity contribution < 1.29 is 14.3 Å². The van der Waals surface area contributed by atoms with Gasteiger partial charge in [0.05, 0.1) is 19.3 Å². The molecule has 3 heterocycles. The van der Waals surface area contributed by atoms with E-state index in [0.29, 0.717) is 25.6 Å². The van der Waals surface area contributed by atoms with Gasteiger partial charge in [-0.1, -0.05) is 43.5 Å². The quantitative estimate of drug-likeness (QED) is 0.209. The van der Waals surface area contributed by atoms with E-state index in [9.17, 15) is 4.79 Å². The molecular formula is C37H51ClN4O3. The second-order valence-electron chi connectivity index (χ2n) is 14.3. The van der Waals surface area contributed by atoms with Crippen LogP contribution in [0.5, 0.6) is 0 Å². The molecule has 4 aliphatic rings. The summed E-state index contributed by atoms with van der Waals surface area (Å²) in [6.45, 7) is 24.1. The number of anilines is 2. The Kier molecular flexibility index (Phi) is 10.1. The van der Waals surface area contributed by atoms with Crippen molar-refractivity contribution in [1.29, 1.82) is 0 Å². The average Bonchev–Trinajstić information content (AvgIpc) is 3.72. The number of rotatable bonds is 10. The summed E-state index contributed by atoms with van der Waals surface area (Å²) in [5, 5.41) is 3.56. The van der Waals surface area contributed by atoms with Gasteiger partial charge in [-0.05, 0) is 83.6 Å². The number of halogens is 1. The van der Waals surface area contributed by atoms with Crippen LogP contribution in [0.2, 0.25) is 0 Å². The fourth-order valence-electron chi connectivity index (χ4n) is 6.34. The zero-order valence-corrected chi connectivity index (χ0v) is 28.5. The number of nitrogens with one attached hydrogen (secondary N) is 1. The molecule has 1 aliphatic carbocycles. The number of alkyl halides is 1. The van der Waals surface area contributed by atoms with Crippen molar-refractivity contribution in [3.63, 3.8) is 0 Å². The van der Waals surface area contributed by atoms with Crippen molar-refractivity contribution in [3.05, 3.63) is 78.6 Å². The highest BCUT2D eigenvalue weighted by molar-refractivity contribution is 6.21. The van der Waals surface area contributed by atoms with E-state index in [2.05, 4.69) is 52.9 Å². The third kappa shape index (κ3) is 8.36. The monoisotopic (exact) mass is 634 g/mol. The first kappa shape index (κ1) is 33.2. The molecule has 1 saturated carbocycles. The van der Waals surface area contributed by atoms with Gasteiger partial charge in [0.1, 0.15) is 5.60 Å². The minimum Gasteiger partial charge on any atom is -0.444 e. The van der Waals surface area contributed by atoms with Crippen molar-refractivity contribution in [1.82, 2.24) is 9.80 Å². The standard InChI is InChI=1S/C37H51ClN4O3/c1-26(11-9-8-10-12-27(2)38)34-22-40(35(43)45-36(5,6)7)19-20-42(34)29(4)32-16-15-31(39-28(3)30-13-14-30)21-33(32)41-18-17-37(23-41)24-44-25-37/h8-12,15-16,21,27,30,34,39H,3-4,13-14,17-20,22-25H2,1-2,5-7H3/b9-8-,12-10-,26-11+. The molecule has 0 bridgehead atoms. The summed E-state index contributed by atoms with van der Waals surface area (Å²) in [7, 11) is 0. The highest BCUT2D eigenvalue weighted by Crippen LogP contribution is 2.43. The van der Waals surface area contributed by atoms with Crippen LogP contribution in [-0.4, -0.2) is 78.9 Å². The molecule has 2 atom stereocenters. The van der Waals surface area contributed by atoms with Crippen LogP contribution in [0.15, 0.2) is 73.0 Å². The van der Waals surface area contributed by atoms with Crippen molar-refractivity contribution in [3.8, 4) is 0 Å². The molecule has 3 saturated heterocycles. The van der Waals surface area contributed by atoms with Gasteiger partial charge >= 0.3 is 6.09 Å². The Bertz CT molecular complexity index is 1370. The number of hydrogen-bond donors (Lipinski definition) is 1. The Labute approximate surface area is 275 Å². The zero-order chi connectivity index (χ0) is 32.4. The number of hydrogen-bond acceptors (Lipinski definition) is 6. The second-order valence-corrected chi connectivity index (χ2v) is 14.9. The van der Waals surface area contributed by atoms with Crippen LogP contribution >= 0.6 is 11.6 Å². The summed E-state index contributed by atoms with van der Waals surface area (Å²) in [4.78, 5) is 19.9. The molecule has 8 heteroatoms. The van der Waals surface area contributed by atoms with Crippen molar-refractivity contribution in [2.24, 2.45) is 11.3 Å². The van der Waals surface area contributed by atoms with Crippen LogP contribution in [0, 0.1) is 11.3 Å². The SMILES string of the molecule is C=C(Nc1ccc(C(=C)N2CCN(C(=O)OC(C)(C)C)CC2/C(C)=C/C=C\C=C/C(C)Cl)c(N2CCC3(COC3)C2)c1)C1CC1. The van der Waals surface area contributed by atoms with Crippen LogP contribution in [-0.2, 0) is 9.47 Å². The molecule has 1 amide bonds. The molecule has 4 fully saturated rings. The lowest BCUT2D eigenvalue weighted by molar-refractivity contribution is -0.0985. The smallest absolute Gasteiger partial charge is 0.410 e. The fourth-order valence-corrected chi connectivity index (χ4v) is 6.43. The van der Waals surface area contributed by atoms with E-state index in [4.69, 9.17) is 27.7 Å². The fraction of sp³-hybridized carbons (Fsp3) is 0.541. The molecule has 45 heavy (non-hydrogen) atoms. The van der Waals surface area contributed by atoms with Crippen molar-refractivity contribution in [2.45, 2.75) is 70.9 Å². The predicted molar refractivity (Wildman–Crippen MR) is 187 cm³/mol. The van der Waals surface area contributed by atoms with Crippen LogP contribution in [0.4, 0.5) is 16.2 Å². The molecule has 3 aliphatic heterocycles. The van der Waals surface area contributed by atoms with Gasteiger partial charge in [-0.2, -0.15) is 0 Å². The first-order valence-corrected chi connectivity index (χ1v) is 16.8. The minimum absolute atomic E-state index is 0.0239. The number of amides is 1. The summed E-state index contributed by atoms with van der Waals surface area (Å²) in [5.41, 5.74) is 6.27. The van der Waals surface area contributed by atoms with Crippen LogP contribution < -0.4 is 10.2 Å². The summed E-state index contributed by atoms with van der Waals surface area (Å²) >= 11 is 6.06. The third-order valence-corrected chi connectivity index (χ3v) is 9.29. The molecule has 5 rings (SSSR count). The van der Waals surface area contributed by atoms with Gasteiger partial charge in [0.2, 0.25) is 0 Å². The Morgan fingerprint density at radius 3 is 2.53 bits per heavy atom. The maximum Gasteiger partial charge on any atom is 0.410 e. The minimum atomic E-state index is -0.555. The van der Waals surface area contributed by atoms with E-state index < -0.39 is 5.60 Å². The largest absolute Gasteiger partial charge is 0.444 e. The highest BCUT2D eigenvalue weighted by Gasteiger charge is 2.45. The number of allylic oxidation sites excluding steroid dienone is 6. The topological polar surface area (TPSA) is 57.3 Å². The molecular weight excluding hydrogens is 584 g/mol. The van der Waals surface area contributed by atoms with E-state index >= 15 is 0 Å². The summed E-state index contributed by atoms with van der Waals surface area (Å²) < 4.78 is 11.4. The molecule has 2 unspecified atom stereocenters. The van der Waals surface area contributed by atoms with Crippen molar-refractivity contribution >= 4 is 34.8 Å². The number of nitrogens with zero attached hydrogens (tertiary/aromatic N) is 3. The summed E-state index contributed by atoms with van der Waals surface area (Å²) in [6.07, 6.45) is 13.3. The molecule has 1 N–H and O–H groups in total. The molecule has 1 aromatic rings. The predicted octanol–water partition coefficient (Wildman–Crippen LogP) is 7.83. The summed E-state index contributed by atoms with van der Waals surface area (Å²) in [5.74, 6) is 0.574. The number of carbonyl (C=O) groups excluding carboxylic acids is 1. The van der Waals surface area contributed by atoms with E-state index in [1.807, 2.05) is 56.9 Å². The molecule has 0 radical (unpaired) electrons. The van der Waals surface area contributed by atoms with E-state index in [0.717, 1.165) is 60.9 Å². The Balaban J connectivity index is 1.43. The number of benzene rings is 1. The van der Waals surface area contributed by atoms with Crippen LogP contribution in [0.25, 0.3) is 5.70 Å². The lowest BCUT2D eigenvalue weighted by Crippen LogP contribution is -2.55. The lowest BCUT2D eigenvalue weighted by atomic mass is 9.85. The first-order valence-electron chi connectivity index (χ1n) is 16.4. The van der Waals surface area contributed by atoms with Gasteiger partial charge in [0, 0.05) is 71.8 Å².